The second-order valence-corrected chi connectivity index (χ2v) is 9.78. The molecule has 1 amide bonds. The maximum Gasteiger partial charge on any atom is 0.282 e. The molecular formula is C27H23Br2FN4O4. The van der Waals surface area contributed by atoms with Gasteiger partial charge in [0.15, 0.2) is 18.1 Å². The summed E-state index contributed by atoms with van der Waals surface area (Å²) in [5, 5.41) is 7.46. The summed E-state index contributed by atoms with van der Waals surface area (Å²) in [6.07, 6.45) is 2.04. The molecule has 4 rings (SSSR count). The Bertz CT molecular complexity index is 1590. The molecule has 0 unspecified atom stereocenters. The van der Waals surface area contributed by atoms with Crippen molar-refractivity contribution >= 4 is 60.6 Å². The van der Waals surface area contributed by atoms with E-state index in [1.54, 1.807) is 30.3 Å². The van der Waals surface area contributed by atoms with Crippen LogP contribution >= 0.6 is 31.9 Å². The molecule has 0 fully saturated rings. The van der Waals surface area contributed by atoms with E-state index >= 15 is 0 Å². The molecule has 0 bridgehead atoms. The van der Waals surface area contributed by atoms with Crippen molar-refractivity contribution in [2.75, 3.05) is 18.5 Å². The molecule has 0 aliphatic heterocycles. The number of carbonyl (C=O) groups excluding carboxylic acids is 1. The number of rotatable bonds is 9. The molecule has 0 saturated heterocycles. The Kier molecular flexibility index (Phi) is 8.90. The van der Waals surface area contributed by atoms with E-state index in [2.05, 4.69) is 47.3 Å². The summed E-state index contributed by atoms with van der Waals surface area (Å²) in [6.45, 7) is 3.76. The number of hydrogen-bond donors (Lipinski definition) is 1. The number of aryl methyl sites for hydroxylation is 1. The van der Waals surface area contributed by atoms with Crippen molar-refractivity contribution in [1.82, 2.24) is 9.66 Å². The number of carbonyl (C=O) groups is 1. The monoisotopic (exact) mass is 644 g/mol. The Morgan fingerprint density at radius 2 is 1.89 bits per heavy atom. The van der Waals surface area contributed by atoms with Gasteiger partial charge in [0.2, 0.25) is 0 Å². The van der Waals surface area contributed by atoms with Gasteiger partial charge in [-0.05, 0) is 71.4 Å². The standard InChI is InChI=1S/C27H23Br2FN4O4/c1-3-25-33-22-9-8-17(28)11-20(22)27(36)34(25)31-14-16-10-23(37-4-2)24(13-21(16)29)38-15-26(35)32-19-7-5-6-18(30)12-19/h5-14H,3-4,15H2,1-2H3,(H,32,35). The number of fused-ring (bicyclic) bond motifs is 1. The van der Waals surface area contributed by atoms with Crippen molar-refractivity contribution in [2.24, 2.45) is 5.10 Å². The van der Waals surface area contributed by atoms with Crippen LogP contribution in [0.2, 0.25) is 0 Å². The average Bonchev–Trinajstić information content (AvgIpc) is 2.89. The first-order valence-corrected chi connectivity index (χ1v) is 13.3. The highest BCUT2D eigenvalue weighted by Crippen LogP contribution is 2.33. The Morgan fingerprint density at radius 1 is 1.11 bits per heavy atom. The predicted octanol–water partition coefficient (Wildman–Crippen LogP) is 5.92. The molecule has 0 aliphatic rings. The Hall–Kier alpha value is -3.57. The number of anilines is 1. The molecule has 0 saturated carbocycles. The van der Waals surface area contributed by atoms with Gasteiger partial charge in [-0.3, -0.25) is 9.59 Å². The van der Waals surface area contributed by atoms with Gasteiger partial charge in [-0.1, -0.05) is 28.9 Å². The van der Waals surface area contributed by atoms with Crippen molar-refractivity contribution in [3.8, 4) is 11.5 Å². The summed E-state index contributed by atoms with van der Waals surface area (Å²) >= 11 is 6.90. The van der Waals surface area contributed by atoms with Crippen molar-refractivity contribution in [1.29, 1.82) is 0 Å². The van der Waals surface area contributed by atoms with Crippen LogP contribution in [0, 0.1) is 5.82 Å². The molecule has 0 atom stereocenters. The molecule has 0 spiro atoms. The Morgan fingerprint density at radius 3 is 2.63 bits per heavy atom. The molecule has 38 heavy (non-hydrogen) atoms. The second-order valence-electron chi connectivity index (χ2n) is 8.01. The molecule has 1 heterocycles. The fraction of sp³-hybridized carbons (Fsp3) is 0.185. The van der Waals surface area contributed by atoms with Crippen LogP contribution in [0.15, 0.2) is 73.4 Å². The van der Waals surface area contributed by atoms with Crippen LogP contribution in [0.4, 0.5) is 10.1 Å². The van der Waals surface area contributed by atoms with Gasteiger partial charge in [-0.15, -0.1) is 0 Å². The molecule has 3 aromatic carbocycles. The topological polar surface area (TPSA) is 94.8 Å². The van der Waals surface area contributed by atoms with Crippen molar-refractivity contribution in [3.05, 3.63) is 91.1 Å². The maximum atomic E-state index is 13.4. The Balaban J connectivity index is 1.59. The van der Waals surface area contributed by atoms with Gasteiger partial charge >= 0.3 is 0 Å². The third-order valence-electron chi connectivity index (χ3n) is 5.33. The van der Waals surface area contributed by atoms with E-state index in [-0.39, 0.29) is 12.2 Å². The number of aromatic nitrogens is 2. The van der Waals surface area contributed by atoms with E-state index in [9.17, 15) is 14.0 Å². The number of benzene rings is 3. The molecule has 11 heteroatoms. The first kappa shape index (κ1) is 27.5. The third-order valence-corrected chi connectivity index (χ3v) is 6.51. The van der Waals surface area contributed by atoms with Crippen LogP contribution in [0.1, 0.15) is 25.2 Å². The number of hydrogen-bond acceptors (Lipinski definition) is 6. The van der Waals surface area contributed by atoms with Gasteiger partial charge in [-0.2, -0.15) is 9.78 Å². The maximum absolute atomic E-state index is 13.4. The van der Waals surface area contributed by atoms with Crippen LogP contribution in [0.25, 0.3) is 10.9 Å². The molecule has 1 N–H and O–H groups in total. The molecular weight excluding hydrogens is 623 g/mol. The van der Waals surface area contributed by atoms with Crippen LogP contribution in [-0.2, 0) is 11.2 Å². The van der Waals surface area contributed by atoms with Gasteiger partial charge in [0.25, 0.3) is 11.5 Å². The highest BCUT2D eigenvalue weighted by molar-refractivity contribution is 9.10. The van der Waals surface area contributed by atoms with E-state index in [1.807, 2.05) is 19.9 Å². The minimum absolute atomic E-state index is 0.283. The molecule has 0 radical (unpaired) electrons. The minimum atomic E-state index is -0.457. The van der Waals surface area contributed by atoms with Gasteiger partial charge in [0, 0.05) is 26.6 Å². The van der Waals surface area contributed by atoms with Crippen molar-refractivity contribution in [3.63, 3.8) is 0 Å². The summed E-state index contributed by atoms with van der Waals surface area (Å²) in [5.41, 5.74) is 1.26. The van der Waals surface area contributed by atoms with Gasteiger partial charge in [0.1, 0.15) is 11.6 Å². The Labute approximate surface area is 234 Å². The van der Waals surface area contributed by atoms with Crippen LogP contribution in [-0.4, -0.2) is 35.0 Å². The summed E-state index contributed by atoms with van der Waals surface area (Å²) in [7, 11) is 0. The quantitative estimate of drug-likeness (QED) is 0.228. The zero-order valence-electron chi connectivity index (χ0n) is 20.5. The number of nitrogens with one attached hydrogen (secondary N) is 1. The fourth-order valence-corrected chi connectivity index (χ4v) is 4.39. The molecule has 8 nitrogen and oxygen atoms in total. The smallest absolute Gasteiger partial charge is 0.282 e. The normalized spacial score (nSPS) is 11.2. The second kappa shape index (κ2) is 12.3. The molecule has 196 valence electrons. The summed E-state index contributed by atoms with van der Waals surface area (Å²) in [4.78, 5) is 30.1. The lowest BCUT2D eigenvalue weighted by Crippen LogP contribution is -2.22. The van der Waals surface area contributed by atoms with Crippen molar-refractivity contribution in [2.45, 2.75) is 20.3 Å². The van der Waals surface area contributed by atoms with Crippen LogP contribution < -0.4 is 20.3 Å². The lowest BCUT2D eigenvalue weighted by atomic mass is 10.2. The first-order valence-electron chi connectivity index (χ1n) is 11.7. The largest absolute Gasteiger partial charge is 0.490 e. The highest BCUT2D eigenvalue weighted by Gasteiger charge is 2.14. The van der Waals surface area contributed by atoms with Crippen molar-refractivity contribution < 1.29 is 18.7 Å². The van der Waals surface area contributed by atoms with Crippen LogP contribution in [0.3, 0.4) is 0 Å². The summed E-state index contributed by atoms with van der Waals surface area (Å²) in [6, 6.07) is 14.3. The summed E-state index contributed by atoms with van der Waals surface area (Å²) < 4.78 is 27.4. The summed E-state index contributed by atoms with van der Waals surface area (Å²) in [5.74, 6) is 0.325. The molecule has 1 aromatic heterocycles. The number of amides is 1. The minimum Gasteiger partial charge on any atom is -0.490 e. The zero-order chi connectivity index (χ0) is 27.2. The van der Waals surface area contributed by atoms with E-state index in [1.165, 1.54) is 29.1 Å². The SMILES string of the molecule is CCOc1cc(C=Nn2c(CC)nc3ccc(Br)cc3c2=O)c(Br)cc1OCC(=O)Nc1cccc(F)c1. The van der Waals surface area contributed by atoms with E-state index in [0.29, 0.717) is 57.0 Å². The highest BCUT2D eigenvalue weighted by atomic mass is 79.9. The third kappa shape index (κ3) is 6.46. The zero-order valence-corrected chi connectivity index (χ0v) is 23.7. The first-order chi connectivity index (χ1) is 18.3. The number of ether oxygens (including phenoxy) is 2. The lowest BCUT2D eigenvalue weighted by molar-refractivity contribution is -0.118. The average molecular weight is 646 g/mol. The fourth-order valence-electron chi connectivity index (χ4n) is 3.60. The van der Waals surface area contributed by atoms with E-state index in [0.717, 1.165) is 4.47 Å². The van der Waals surface area contributed by atoms with Crippen LogP contribution in [0.5, 0.6) is 11.5 Å². The predicted molar refractivity (Wildman–Crippen MR) is 152 cm³/mol. The number of nitrogens with zero attached hydrogens (tertiary/aromatic N) is 3. The van der Waals surface area contributed by atoms with Gasteiger partial charge in [0.05, 0.1) is 23.7 Å². The molecule has 4 aromatic rings. The van der Waals surface area contributed by atoms with E-state index in [4.69, 9.17) is 9.47 Å². The van der Waals surface area contributed by atoms with E-state index < -0.39 is 11.7 Å². The van der Waals surface area contributed by atoms with Gasteiger partial charge in [-0.25, -0.2) is 9.37 Å². The van der Waals surface area contributed by atoms with Gasteiger partial charge < -0.3 is 14.8 Å². The lowest BCUT2D eigenvalue weighted by Gasteiger charge is -2.14. The molecule has 0 aliphatic carbocycles. The number of halogens is 3.